The van der Waals surface area contributed by atoms with Gasteiger partial charge >= 0.3 is 0 Å². The van der Waals surface area contributed by atoms with Crippen molar-refractivity contribution in [3.63, 3.8) is 0 Å². The fourth-order valence-corrected chi connectivity index (χ4v) is 10.5. The average molecular weight is 524 g/mol. The van der Waals surface area contributed by atoms with Crippen LogP contribution in [0.15, 0.2) is 11.6 Å². The first-order valence-electron chi connectivity index (χ1n) is 18.5. The lowest BCUT2D eigenvalue weighted by Gasteiger charge is -2.60. The predicted octanol–water partition coefficient (Wildman–Crippen LogP) is 9.39. The van der Waals surface area contributed by atoms with Gasteiger partial charge in [0, 0.05) is 15.7 Å². The molecule has 0 amide bonds. The van der Waals surface area contributed by atoms with E-state index in [1.165, 1.54) is 5.57 Å². The number of rotatable bonds is 7. The second kappa shape index (κ2) is 10.1. The highest BCUT2D eigenvalue weighted by Crippen LogP contribution is 2.67. The molecule has 4 aliphatic rings. The van der Waals surface area contributed by atoms with Crippen LogP contribution in [-0.2, 0) is 4.43 Å². The zero-order valence-corrected chi connectivity index (χ0v) is 25.5. The number of aliphatic hydroxyl groups excluding tert-OH is 1. The summed E-state index contributed by atoms with van der Waals surface area (Å²) in [4.78, 5) is 0. The first kappa shape index (κ1) is 20.7. The Labute approximate surface area is 235 Å². The molecule has 1 N–H and O–H groups in total. The van der Waals surface area contributed by atoms with Crippen molar-refractivity contribution in [2.24, 2.45) is 46.3 Å². The molecule has 9 atom stereocenters. The summed E-state index contributed by atoms with van der Waals surface area (Å²) >= 11 is 0. The quantitative estimate of drug-likeness (QED) is 0.266. The van der Waals surface area contributed by atoms with Crippen LogP contribution in [-0.4, -0.2) is 25.6 Å². The molecule has 0 bridgehead atoms. The van der Waals surface area contributed by atoms with E-state index in [9.17, 15) is 5.11 Å². The molecule has 3 fully saturated rings. The molecule has 0 aromatic heterocycles. The molecule has 4 rings (SSSR count). The van der Waals surface area contributed by atoms with Crippen LogP contribution in [0, 0.1) is 46.3 Å². The smallest absolute Gasteiger partial charge is 0.192 e. The van der Waals surface area contributed by atoms with E-state index in [-0.39, 0.29) is 34.3 Å². The third-order valence-corrected chi connectivity index (χ3v) is 16.7. The fourth-order valence-electron chi connectivity index (χ4n) is 9.09. The van der Waals surface area contributed by atoms with Crippen LogP contribution in [0.3, 0.4) is 0 Å². The molecule has 0 aromatic rings. The van der Waals surface area contributed by atoms with Crippen molar-refractivity contribution >= 4 is 8.32 Å². The molecular formula is C33H60O2Si. The van der Waals surface area contributed by atoms with Crippen molar-refractivity contribution < 1.29 is 19.1 Å². The molecule has 0 unspecified atom stereocenters. The Hall–Kier alpha value is -0.123. The van der Waals surface area contributed by atoms with Crippen LogP contribution in [0.5, 0.6) is 0 Å². The molecule has 208 valence electrons. The van der Waals surface area contributed by atoms with Crippen LogP contribution >= 0.6 is 0 Å². The molecule has 3 heteroatoms. The van der Waals surface area contributed by atoms with Crippen LogP contribution in [0.25, 0.3) is 0 Å². The zero-order chi connectivity index (χ0) is 32.6. The van der Waals surface area contributed by atoms with Crippen LogP contribution < -0.4 is 0 Å². The molecule has 0 aromatic carbocycles. The predicted molar refractivity (Wildman–Crippen MR) is 157 cm³/mol. The monoisotopic (exact) mass is 523 g/mol. The Bertz CT molecular complexity index is 1030. The topological polar surface area (TPSA) is 29.5 Å². The first-order valence-corrected chi connectivity index (χ1v) is 17.9. The summed E-state index contributed by atoms with van der Waals surface area (Å²) in [6, 6.07) is 0. The average Bonchev–Trinajstić information content (AvgIpc) is 3.19. The molecule has 0 radical (unpaired) electrons. The van der Waals surface area contributed by atoms with Gasteiger partial charge in [0.1, 0.15) is 0 Å². The first-order chi connectivity index (χ1) is 19.4. The number of hydrogen-bond acceptors (Lipinski definition) is 2. The van der Waals surface area contributed by atoms with Gasteiger partial charge in [-0.05, 0) is 109 Å². The lowest BCUT2D eigenvalue weighted by Crippen LogP contribution is -2.55. The van der Waals surface area contributed by atoms with Gasteiger partial charge in [-0.15, -0.1) is 0 Å². The van der Waals surface area contributed by atoms with Crippen molar-refractivity contribution in [2.75, 3.05) is 0 Å². The van der Waals surface area contributed by atoms with Crippen LogP contribution in [0.1, 0.15) is 129 Å². The zero-order valence-electron chi connectivity index (χ0n) is 31.5. The van der Waals surface area contributed by atoms with Gasteiger partial charge in [-0.2, -0.15) is 0 Å². The molecule has 4 aliphatic carbocycles. The SMILES string of the molecule is [2H]C([2H])([2H])C([2H])(CCC[C@@H](C)[C@H]1CC[C@H]2[C@@H]3[C@@H](O)C=C4C[C@@H](O[Si](C)(C)C(C)(C)C)CC[C@]4(C)[C@H]3CC[C@]12C)C([2H])([2H])[2H]. The second-order valence-corrected chi connectivity index (χ2v) is 20.0. The number of aliphatic hydroxyl groups is 1. The summed E-state index contributed by atoms with van der Waals surface area (Å²) in [7, 11) is -1.87. The maximum atomic E-state index is 11.7. The third-order valence-electron chi connectivity index (χ3n) is 12.2. The van der Waals surface area contributed by atoms with Crippen molar-refractivity contribution in [1.82, 2.24) is 0 Å². The van der Waals surface area contributed by atoms with E-state index in [1.54, 1.807) is 0 Å². The largest absolute Gasteiger partial charge is 0.414 e. The van der Waals surface area contributed by atoms with E-state index in [0.29, 0.717) is 30.1 Å². The Morgan fingerprint density at radius 1 is 1.11 bits per heavy atom. The molecule has 36 heavy (non-hydrogen) atoms. The van der Waals surface area contributed by atoms with Gasteiger partial charge in [-0.3, -0.25) is 0 Å². The Kier molecular flexibility index (Phi) is 5.83. The van der Waals surface area contributed by atoms with Crippen LogP contribution in [0.2, 0.25) is 18.1 Å². The van der Waals surface area contributed by atoms with Gasteiger partial charge in [-0.25, -0.2) is 0 Å². The molecule has 3 saturated carbocycles. The second-order valence-electron chi connectivity index (χ2n) is 15.2. The number of hydrogen-bond donors (Lipinski definition) is 1. The minimum Gasteiger partial charge on any atom is -0.414 e. The summed E-state index contributed by atoms with van der Waals surface area (Å²) in [5, 5.41) is 11.9. The molecule has 0 saturated heterocycles. The van der Waals surface area contributed by atoms with Gasteiger partial charge in [0.25, 0.3) is 0 Å². The molecule has 0 heterocycles. The normalized spacial score (nSPS) is 45.8. The van der Waals surface area contributed by atoms with Gasteiger partial charge in [-0.1, -0.05) is 86.2 Å². The minimum atomic E-state index is -2.85. The Morgan fingerprint density at radius 2 is 1.83 bits per heavy atom. The van der Waals surface area contributed by atoms with E-state index >= 15 is 0 Å². The summed E-state index contributed by atoms with van der Waals surface area (Å²) in [5.74, 6) is -0.474. The summed E-state index contributed by atoms with van der Waals surface area (Å²) in [6.45, 7) is 13.0. The molecule has 0 spiro atoms. The molecule has 2 nitrogen and oxygen atoms in total. The fraction of sp³-hybridized carbons (Fsp3) is 0.939. The van der Waals surface area contributed by atoms with Gasteiger partial charge in [0.05, 0.1) is 6.10 Å². The van der Waals surface area contributed by atoms with E-state index in [0.717, 1.165) is 51.4 Å². The highest BCUT2D eigenvalue weighted by Gasteiger charge is 2.61. The van der Waals surface area contributed by atoms with E-state index in [2.05, 4.69) is 60.7 Å². The van der Waals surface area contributed by atoms with E-state index < -0.39 is 34.0 Å². The third kappa shape index (κ3) is 5.08. The van der Waals surface area contributed by atoms with Crippen molar-refractivity contribution in [2.45, 2.75) is 150 Å². The van der Waals surface area contributed by atoms with Gasteiger partial charge in [0.2, 0.25) is 0 Å². The standard InChI is InChI=1S/C33H60O2Si/c1-22(2)12-11-13-23(3)26-14-15-27-30-28(17-19-33(26,27)8)32(7)18-16-25(20-24(32)21-29(30)34)35-36(9,10)31(4,5)6/h21-23,25-30,34H,11-20H2,1-10H3/t23-,25+,26-,27+,28+,29+,30+,32+,33-/m1/s1/i1D3,2D3,22D. The number of fused-ring (bicyclic) bond motifs is 5. The maximum absolute atomic E-state index is 11.7. The molecule has 0 aliphatic heterocycles. The lowest BCUT2D eigenvalue weighted by atomic mass is 9.46. The minimum absolute atomic E-state index is 0.109. The van der Waals surface area contributed by atoms with Crippen LogP contribution in [0.4, 0.5) is 0 Å². The van der Waals surface area contributed by atoms with Crippen molar-refractivity contribution in [3.05, 3.63) is 11.6 Å². The summed E-state index contributed by atoms with van der Waals surface area (Å²) in [6.07, 6.45) is 10.7. The highest BCUT2D eigenvalue weighted by atomic mass is 28.4. The van der Waals surface area contributed by atoms with E-state index in [1.807, 2.05) is 0 Å². The van der Waals surface area contributed by atoms with Gasteiger partial charge in [0.15, 0.2) is 8.32 Å². The summed E-state index contributed by atoms with van der Waals surface area (Å²) in [5.41, 5.74) is 1.65. The maximum Gasteiger partial charge on any atom is 0.192 e. The summed E-state index contributed by atoms with van der Waals surface area (Å²) < 4.78 is 61.8. The van der Waals surface area contributed by atoms with Crippen molar-refractivity contribution in [3.8, 4) is 0 Å². The van der Waals surface area contributed by atoms with Crippen molar-refractivity contribution in [1.29, 1.82) is 0 Å². The lowest BCUT2D eigenvalue weighted by molar-refractivity contribution is -0.0965. The van der Waals surface area contributed by atoms with Gasteiger partial charge < -0.3 is 9.53 Å². The Balaban J connectivity index is 1.46. The highest BCUT2D eigenvalue weighted by molar-refractivity contribution is 6.74. The van der Waals surface area contributed by atoms with E-state index in [4.69, 9.17) is 14.0 Å². The molecular weight excluding hydrogens is 456 g/mol. The Morgan fingerprint density at radius 3 is 2.50 bits per heavy atom.